The van der Waals surface area contributed by atoms with Crippen molar-refractivity contribution in [3.8, 4) is 0 Å². The summed E-state index contributed by atoms with van der Waals surface area (Å²) < 4.78 is 0. The summed E-state index contributed by atoms with van der Waals surface area (Å²) in [6, 6.07) is 0. The van der Waals surface area contributed by atoms with Crippen molar-refractivity contribution in [2.24, 2.45) is 5.92 Å². The van der Waals surface area contributed by atoms with Crippen molar-refractivity contribution in [1.29, 1.82) is 0 Å². The molecule has 0 saturated carbocycles. The second kappa shape index (κ2) is 6.85. The van der Waals surface area contributed by atoms with E-state index in [-0.39, 0.29) is 11.8 Å². The minimum atomic E-state index is -0.747. The van der Waals surface area contributed by atoms with Crippen LogP contribution in [-0.2, 0) is 16.1 Å². The Morgan fingerprint density at radius 2 is 2.10 bits per heavy atom. The average molecular weight is 296 g/mol. The number of piperidine rings is 1. The second-order valence-electron chi connectivity index (χ2n) is 5.18. The van der Waals surface area contributed by atoms with Crippen molar-refractivity contribution in [1.82, 2.24) is 10.2 Å². The van der Waals surface area contributed by atoms with Crippen LogP contribution in [0.15, 0.2) is 10.8 Å². The molecule has 0 aromatic carbocycles. The van der Waals surface area contributed by atoms with Crippen molar-refractivity contribution in [2.45, 2.75) is 26.3 Å². The van der Waals surface area contributed by atoms with E-state index >= 15 is 0 Å². The number of thiophene rings is 1. The zero-order valence-electron chi connectivity index (χ0n) is 11.6. The van der Waals surface area contributed by atoms with Crippen molar-refractivity contribution in [3.05, 3.63) is 21.9 Å². The maximum Gasteiger partial charge on any atom is 0.306 e. The molecule has 2 rings (SSSR count). The number of carboxylic acids is 1. The Morgan fingerprint density at radius 3 is 2.65 bits per heavy atom. The number of hydrogen-bond acceptors (Lipinski definition) is 4. The summed E-state index contributed by atoms with van der Waals surface area (Å²) in [5.74, 6) is -0.981. The smallest absolute Gasteiger partial charge is 0.306 e. The van der Waals surface area contributed by atoms with E-state index in [1.54, 1.807) is 16.2 Å². The Balaban J connectivity index is 1.71. The van der Waals surface area contributed by atoms with Gasteiger partial charge in [0, 0.05) is 19.6 Å². The Bertz CT molecular complexity index is 479. The van der Waals surface area contributed by atoms with Crippen LogP contribution in [-0.4, -0.2) is 41.5 Å². The number of aliphatic carboxylic acids is 1. The summed E-state index contributed by atoms with van der Waals surface area (Å²) in [6.45, 7) is 4.18. The van der Waals surface area contributed by atoms with E-state index in [4.69, 9.17) is 5.11 Å². The summed E-state index contributed by atoms with van der Waals surface area (Å²) in [5.41, 5.74) is 2.48. The predicted molar refractivity (Wildman–Crippen MR) is 77.7 cm³/mol. The number of likely N-dealkylation sites (tertiary alicyclic amines) is 1. The molecule has 0 spiro atoms. The van der Waals surface area contributed by atoms with Gasteiger partial charge >= 0.3 is 5.97 Å². The van der Waals surface area contributed by atoms with E-state index in [9.17, 15) is 9.59 Å². The van der Waals surface area contributed by atoms with Gasteiger partial charge in [-0.2, -0.15) is 11.3 Å². The highest BCUT2D eigenvalue weighted by Gasteiger charge is 2.26. The van der Waals surface area contributed by atoms with Crippen LogP contribution in [0.3, 0.4) is 0 Å². The number of amides is 1. The Morgan fingerprint density at radius 1 is 1.40 bits per heavy atom. The van der Waals surface area contributed by atoms with Gasteiger partial charge in [0.2, 0.25) is 5.91 Å². The number of rotatable bonds is 5. The molecule has 1 saturated heterocycles. The molecular weight excluding hydrogens is 276 g/mol. The second-order valence-corrected chi connectivity index (χ2v) is 5.92. The number of aryl methyl sites for hydroxylation is 1. The molecule has 6 heteroatoms. The molecular formula is C14H20N2O3S. The van der Waals surface area contributed by atoms with Gasteiger partial charge in [0.25, 0.3) is 0 Å². The fourth-order valence-electron chi connectivity index (χ4n) is 2.36. The highest BCUT2D eigenvalue weighted by atomic mass is 32.1. The average Bonchev–Trinajstić information content (AvgIpc) is 2.84. The molecule has 0 radical (unpaired) electrons. The minimum Gasteiger partial charge on any atom is -0.481 e. The van der Waals surface area contributed by atoms with Crippen LogP contribution in [0.1, 0.15) is 24.0 Å². The third-order valence-corrected chi connectivity index (χ3v) is 4.66. The summed E-state index contributed by atoms with van der Waals surface area (Å²) >= 11 is 1.67. The lowest BCUT2D eigenvalue weighted by molar-refractivity contribution is -0.145. The topological polar surface area (TPSA) is 69.6 Å². The van der Waals surface area contributed by atoms with Gasteiger partial charge in [-0.05, 0) is 41.7 Å². The molecule has 0 atom stereocenters. The molecule has 1 aliphatic rings. The molecule has 110 valence electrons. The maximum absolute atomic E-state index is 12.0. The quantitative estimate of drug-likeness (QED) is 0.863. The van der Waals surface area contributed by atoms with Gasteiger partial charge in [0.05, 0.1) is 12.5 Å². The van der Waals surface area contributed by atoms with Gasteiger partial charge in [-0.15, -0.1) is 0 Å². The number of carboxylic acid groups (broad SMARTS) is 1. The van der Waals surface area contributed by atoms with E-state index in [2.05, 4.69) is 23.0 Å². The number of hydrogen-bond donors (Lipinski definition) is 2. The first kappa shape index (κ1) is 15.0. The fraction of sp³-hybridized carbons (Fsp3) is 0.571. The largest absolute Gasteiger partial charge is 0.481 e. The van der Waals surface area contributed by atoms with Crippen molar-refractivity contribution in [2.75, 3.05) is 19.6 Å². The van der Waals surface area contributed by atoms with E-state index in [0.717, 1.165) is 0 Å². The molecule has 2 N–H and O–H groups in total. The zero-order chi connectivity index (χ0) is 14.5. The molecule has 1 fully saturated rings. The fourth-order valence-corrected chi connectivity index (χ4v) is 3.22. The Hall–Kier alpha value is -1.40. The van der Waals surface area contributed by atoms with Gasteiger partial charge in [-0.25, -0.2) is 0 Å². The molecule has 1 amide bonds. The molecule has 1 aromatic heterocycles. The molecule has 2 heterocycles. The van der Waals surface area contributed by atoms with Gasteiger partial charge in [0.1, 0.15) is 0 Å². The standard InChI is InChI=1S/C14H20N2O3S/c1-10-8-20-9-12(10)6-15-7-13(17)16-4-2-11(3-5-16)14(18)19/h8-9,11,15H,2-7H2,1H3,(H,18,19). The first-order valence-electron chi connectivity index (χ1n) is 6.81. The SMILES string of the molecule is Cc1cscc1CNCC(=O)N1CCC(C(=O)O)CC1. The minimum absolute atomic E-state index is 0.0571. The first-order chi connectivity index (χ1) is 9.58. The molecule has 20 heavy (non-hydrogen) atoms. The van der Waals surface area contributed by atoms with Gasteiger partial charge in [-0.1, -0.05) is 0 Å². The van der Waals surface area contributed by atoms with Crippen LogP contribution in [0.4, 0.5) is 0 Å². The zero-order valence-corrected chi connectivity index (χ0v) is 12.4. The van der Waals surface area contributed by atoms with Crippen LogP contribution >= 0.6 is 11.3 Å². The number of nitrogens with one attached hydrogen (secondary N) is 1. The lowest BCUT2D eigenvalue weighted by Crippen LogP contribution is -2.43. The summed E-state index contributed by atoms with van der Waals surface area (Å²) in [5, 5.41) is 16.3. The van der Waals surface area contributed by atoms with Crippen LogP contribution in [0, 0.1) is 12.8 Å². The van der Waals surface area contributed by atoms with E-state index in [0.29, 0.717) is 39.0 Å². The van der Waals surface area contributed by atoms with Gasteiger partial charge in [0.15, 0.2) is 0 Å². The van der Waals surface area contributed by atoms with E-state index in [1.165, 1.54) is 11.1 Å². The van der Waals surface area contributed by atoms with Crippen molar-refractivity contribution < 1.29 is 14.7 Å². The van der Waals surface area contributed by atoms with Crippen molar-refractivity contribution >= 4 is 23.2 Å². The normalized spacial score (nSPS) is 16.4. The maximum atomic E-state index is 12.0. The summed E-state index contributed by atoms with van der Waals surface area (Å²) in [6.07, 6.45) is 1.12. The molecule has 0 aliphatic carbocycles. The Kier molecular flexibility index (Phi) is 5.14. The van der Waals surface area contributed by atoms with Gasteiger partial charge < -0.3 is 15.3 Å². The van der Waals surface area contributed by atoms with Crippen LogP contribution in [0.5, 0.6) is 0 Å². The molecule has 1 aliphatic heterocycles. The lowest BCUT2D eigenvalue weighted by atomic mass is 9.97. The summed E-state index contributed by atoms with van der Waals surface area (Å²) in [7, 11) is 0. The Labute approximate surface area is 122 Å². The highest BCUT2D eigenvalue weighted by Crippen LogP contribution is 2.17. The third kappa shape index (κ3) is 3.80. The van der Waals surface area contributed by atoms with Crippen LogP contribution < -0.4 is 5.32 Å². The van der Waals surface area contributed by atoms with E-state index < -0.39 is 5.97 Å². The number of carbonyl (C=O) groups is 2. The number of nitrogens with zero attached hydrogens (tertiary/aromatic N) is 1. The molecule has 0 bridgehead atoms. The third-order valence-electron chi connectivity index (χ3n) is 3.75. The predicted octanol–water partition coefficient (Wildman–Crippen LogP) is 1.47. The summed E-state index contributed by atoms with van der Waals surface area (Å²) in [4.78, 5) is 24.6. The van der Waals surface area contributed by atoms with Crippen LogP contribution in [0.2, 0.25) is 0 Å². The first-order valence-corrected chi connectivity index (χ1v) is 7.75. The van der Waals surface area contributed by atoms with Crippen LogP contribution in [0.25, 0.3) is 0 Å². The molecule has 1 aromatic rings. The highest BCUT2D eigenvalue weighted by molar-refractivity contribution is 7.08. The number of carbonyl (C=O) groups excluding carboxylic acids is 1. The van der Waals surface area contributed by atoms with Crippen molar-refractivity contribution in [3.63, 3.8) is 0 Å². The lowest BCUT2D eigenvalue weighted by Gasteiger charge is -2.30. The van der Waals surface area contributed by atoms with Gasteiger partial charge in [-0.3, -0.25) is 9.59 Å². The monoisotopic (exact) mass is 296 g/mol. The van der Waals surface area contributed by atoms with E-state index in [1.807, 2.05) is 0 Å². The molecule has 0 unspecified atom stereocenters. The molecule has 5 nitrogen and oxygen atoms in total.